The lowest BCUT2D eigenvalue weighted by atomic mass is 10.1. The molecule has 1 fully saturated rings. The summed E-state index contributed by atoms with van der Waals surface area (Å²) in [5.41, 5.74) is 6.02. The molecular weight excluding hydrogens is 283 g/mol. The molecule has 0 radical (unpaired) electrons. The highest BCUT2D eigenvalue weighted by Crippen LogP contribution is 2.21. The molecule has 0 saturated carbocycles. The summed E-state index contributed by atoms with van der Waals surface area (Å²) in [4.78, 5) is -0.0523. The maximum absolute atomic E-state index is 13.8. The van der Waals surface area contributed by atoms with Crippen molar-refractivity contribution in [2.75, 3.05) is 13.2 Å². The average molecular weight is 302 g/mol. The third-order valence-electron chi connectivity index (χ3n) is 3.36. The van der Waals surface area contributed by atoms with Gasteiger partial charge >= 0.3 is 0 Å². The Morgan fingerprint density at radius 1 is 1.50 bits per heavy atom. The van der Waals surface area contributed by atoms with Crippen LogP contribution in [0.25, 0.3) is 0 Å². The van der Waals surface area contributed by atoms with Crippen LogP contribution in [0.3, 0.4) is 0 Å². The van der Waals surface area contributed by atoms with Crippen LogP contribution in [-0.4, -0.2) is 27.7 Å². The van der Waals surface area contributed by atoms with Gasteiger partial charge in [0.15, 0.2) is 0 Å². The van der Waals surface area contributed by atoms with Gasteiger partial charge in [0.2, 0.25) is 10.0 Å². The highest BCUT2D eigenvalue weighted by Gasteiger charge is 2.25. The number of hydrogen-bond donors (Lipinski definition) is 2. The van der Waals surface area contributed by atoms with Crippen LogP contribution < -0.4 is 10.5 Å². The molecule has 1 aromatic carbocycles. The molecule has 0 spiro atoms. The molecule has 0 amide bonds. The molecule has 1 aromatic rings. The molecule has 7 heteroatoms. The molecule has 0 aromatic heterocycles. The Hall–Kier alpha value is -1.02. The van der Waals surface area contributed by atoms with E-state index in [0.29, 0.717) is 18.8 Å². The van der Waals surface area contributed by atoms with Crippen LogP contribution in [-0.2, 0) is 21.3 Å². The van der Waals surface area contributed by atoms with Crippen molar-refractivity contribution in [3.8, 4) is 0 Å². The molecule has 1 atom stereocenters. The van der Waals surface area contributed by atoms with Crippen molar-refractivity contribution < 1.29 is 17.5 Å². The predicted molar refractivity (Wildman–Crippen MR) is 73.2 cm³/mol. The summed E-state index contributed by atoms with van der Waals surface area (Å²) >= 11 is 0. The first-order valence-electron chi connectivity index (χ1n) is 6.53. The summed E-state index contributed by atoms with van der Waals surface area (Å²) in [5.74, 6) is -0.562. The maximum Gasteiger partial charge on any atom is 0.241 e. The molecule has 1 saturated heterocycles. The summed E-state index contributed by atoms with van der Waals surface area (Å²) in [5, 5.41) is 0. The minimum atomic E-state index is -3.77. The molecule has 0 aliphatic carbocycles. The molecule has 0 bridgehead atoms. The topological polar surface area (TPSA) is 81.4 Å². The molecule has 1 heterocycles. The zero-order chi connectivity index (χ0) is 14.8. The van der Waals surface area contributed by atoms with Gasteiger partial charge in [-0.05, 0) is 37.5 Å². The zero-order valence-corrected chi connectivity index (χ0v) is 12.2. The Balaban J connectivity index is 2.30. The molecule has 1 unspecified atom stereocenters. The van der Waals surface area contributed by atoms with Crippen LogP contribution in [0.5, 0.6) is 0 Å². The van der Waals surface area contributed by atoms with Crippen LogP contribution in [0, 0.1) is 12.7 Å². The van der Waals surface area contributed by atoms with Gasteiger partial charge in [0.1, 0.15) is 5.82 Å². The van der Waals surface area contributed by atoms with Crippen molar-refractivity contribution in [1.29, 1.82) is 0 Å². The maximum atomic E-state index is 13.8. The standard InChI is InChI=1S/C13H19FN2O3S/c1-9-12(14)5-10(7-15)6-13(9)20(17,18)16-11-3-2-4-19-8-11/h5-6,11,16H,2-4,7-8,15H2,1H3. The Labute approximate surface area is 118 Å². The van der Waals surface area contributed by atoms with E-state index >= 15 is 0 Å². The van der Waals surface area contributed by atoms with Crippen LogP contribution >= 0.6 is 0 Å². The van der Waals surface area contributed by atoms with Crippen LogP contribution in [0.4, 0.5) is 4.39 Å². The number of hydrogen-bond acceptors (Lipinski definition) is 4. The Kier molecular flexibility index (Phi) is 4.74. The zero-order valence-electron chi connectivity index (χ0n) is 11.4. The van der Waals surface area contributed by atoms with Gasteiger partial charge in [-0.2, -0.15) is 0 Å². The molecule has 5 nitrogen and oxygen atoms in total. The highest BCUT2D eigenvalue weighted by molar-refractivity contribution is 7.89. The summed E-state index contributed by atoms with van der Waals surface area (Å²) in [6, 6.07) is 2.42. The minimum absolute atomic E-state index is 0.0523. The van der Waals surface area contributed by atoms with E-state index < -0.39 is 15.8 Å². The number of sulfonamides is 1. The van der Waals surface area contributed by atoms with Crippen molar-refractivity contribution in [2.45, 2.75) is 37.2 Å². The molecule has 112 valence electrons. The molecule has 1 aliphatic rings. The van der Waals surface area contributed by atoms with Crippen LogP contribution in [0.2, 0.25) is 0 Å². The first-order valence-corrected chi connectivity index (χ1v) is 8.01. The number of rotatable bonds is 4. The molecular formula is C13H19FN2O3S. The summed E-state index contributed by atoms with van der Waals surface area (Å²) in [7, 11) is -3.77. The second kappa shape index (κ2) is 6.17. The first-order chi connectivity index (χ1) is 9.44. The van der Waals surface area contributed by atoms with E-state index in [2.05, 4.69) is 4.72 Å². The van der Waals surface area contributed by atoms with Crippen molar-refractivity contribution in [3.63, 3.8) is 0 Å². The summed E-state index contributed by atoms with van der Waals surface area (Å²) in [6.07, 6.45) is 1.53. The monoisotopic (exact) mass is 302 g/mol. The Morgan fingerprint density at radius 2 is 2.25 bits per heavy atom. The lowest BCUT2D eigenvalue weighted by Gasteiger charge is -2.23. The van der Waals surface area contributed by atoms with Crippen molar-refractivity contribution in [2.24, 2.45) is 5.73 Å². The fourth-order valence-corrected chi connectivity index (χ4v) is 3.78. The second-order valence-corrected chi connectivity index (χ2v) is 6.62. The van der Waals surface area contributed by atoms with E-state index in [1.165, 1.54) is 19.1 Å². The van der Waals surface area contributed by atoms with E-state index in [9.17, 15) is 12.8 Å². The van der Waals surface area contributed by atoms with Gasteiger partial charge < -0.3 is 10.5 Å². The molecule has 3 N–H and O–H groups in total. The van der Waals surface area contributed by atoms with E-state index in [-0.39, 0.29) is 23.0 Å². The minimum Gasteiger partial charge on any atom is -0.380 e. The average Bonchev–Trinajstić information content (AvgIpc) is 2.42. The third-order valence-corrected chi connectivity index (χ3v) is 5.01. The molecule has 1 aliphatic heterocycles. The van der Waals surface area contributed by atoms with Gasteiger partial charge in [0.05, 0.1) is 11.5 Å². The largest absolute Gasteiger partial charge is 0.380 e. The van der Waals surface area contributed by atoms with Crippen molar-refractivity contribution in [3.05, 3.63) is 29.1 Å². The van der Waals surface area contributed by atoms with Crippen molar-refractivity contribution in [1.82, 2.24) is 4.72 Å². The summed E-state index contributed by atoms with van der Waals surface area (Å²) in [6.45, 7) is 2.53. The summed E-state index contributed by atoms with van der Waals surface area (Å²) < 4.78 is 46.3. The number of nitrogens with two attached hydrogens (primary N) is 1. The number of halogens is 1. The van der Waals surface area contributed by atoms with Gasteiger partial charge in [0, 0.05) is 24.8 Å². The van der Waals surface area contributed by atoms with E-state index in [4.69, 9.17) is 10.5 Å². The van der Waals surface area contributed by atoms with Crippen molar-refractivity contribution >= 4 is 10.0 Å². The molecule has 2 rings (SSSR count). The van der Waals surface area contributed by atoms with Gasteiger partial charge in [-0.25, -0.2) is 17.5 Å². The van der Waals surface area contributed by atoms with Gasteiger partial charge in [-0.3, -0.25) is 0 Å². The highest BCUT2D eigenvalue weighted by atomic mass is 32.2. The fraction of sp³-hybridized carbons (Fsp3) is 0.538. The quantitative estimate of drug-likeness (QED) is 0.871. The smallest absolute Gasteiger partial charge is 0.241 e. The van der Waals surface area contributed by atoms with Gasteiger partial charge in [-0.1, -0.05) is 0 Å². The number of benzene rings is 1. The SMILES string of the molecule is Cc1c(F)cc(CN)cc1S(=O)(=O)NC1CCCOC1. The van der Waals surface area contributed by atoms with Gasteiger partial charge in [-0.15, -0.1) is 0 Å². The predicted octanol–water partition coefficient (Wildman–Crippen LogP) is 1.05. The van der Waals surface area contributed by atoms with E-state index in [1.54, 1.807) is 0 Å². The Morgan fingerprint density at radius 3 is 2.85 bits per heavy atom. The lowest BCUT2D eigenvalue weighted by molar-refractivity contribution is 0.0774. The van der Waals surface area contributed by atoms with Gasteiger partial charge in [0.25, 0.3) is 0 Å². The molecule has 20 heavy (non-hydrogen) atoms. The van der Waals surface area contributed by atoms with Crippen LogP contribution in [0.15, 0.2) is 17.0 Å². The first kappa shape index (κ1) is 15.4. The third kappa shape index (κ3) is 3.35. The van der Waals surface area contributed by atoms with Crippen LogP contribution in [0.1, 0.15) is 24.0 Å². The fourth-order valence-electron chi connectivity index (χ4n) is 2.22. The lowest BCUT2D eigenvalue weighted by Crippen LogP contribution is -2.40. The van der Waals surface area contributed by atoms with E-state index in [1.807, 2.05) is 0 Å². The second-order valence-electron chi connectivity index (χ2n) is 4.94. The Bertz CT molecular complexity index is 584. The number of nitrogens with one attached hydrogen (secondary N) is 1. The normalized spacial score (nSPS) is 20.1. The number of ether oxygens (including phenoxy) is 1. The van der Waals surface area contributed by atoms with E-state index in [0.717, 1.165) is 12.8 Å².